The maximum Gasteiger partial charge on any atom is 0.236 e. The van der Waals surface area contributed by atoms with Crippen molar-refractivity contribution >= 4 is 17.5 Å². The highest BCUT2D eigenvalue weighted by Gasteiger charge is 2.27. The number of rotatable bonds is 5. The maximum atomic E-state index is 12.8. The molecule has 0 radical (unpaired) electrons. The van der Waals surface area contributed by atoms with E-state index in [0.717, 1.165) is 55.4 Å². The van der Waals surface area contributed by atoms with Gasteiger partial charge in [0.25, 0.3) is 0 Å². The summed E-state index contributed by atoms with van der Waals surface area (Å²) in [6.45, 7) is 7.57. The van der Waals surface area contributed by atoms with E-state index in [-0.39, 0.29) is 5.91 Å². The Bertz CT molecular complexity index is 862. The van der Waals surface area contributed by atoms with E-state index in [1.54, 1.807) is 6.20 Å². The quantitative estimate of drug-likeness (QED) is 0.808. The first-order chi connectivity index (χ1) is 14.6. The molecule has 4 heterocycles. The largest absolute Gasteiger partial charge is 0.342 e. The summed E-state index contributed by atoms with van der Waals surface area (Å²) < 4.78 is 0. The fraction of sp³-hybridized carbons (Fsp3) is 0.542. The third-order valence-corrected chi connectivity index (χ3v) is 6.57. The van der Waals surface area contributed by atoms with Crippen molar-refractivity contribution in [3.63, 3.8) is 0 Å². The Morgan fingerprint density at radius 1 is 1.10 bits per heavy atom. The summed E-state index contributed by atoms with van der Waals surface area (Å²) in [6, 6.07) is 10.6. The lowest BCUT2D eigenvalue weighted by Crippen LogP contribution is -2.47. The summed E-state index contributed by atoms with van der Waals surface area (Å²) >= 11 is 0. The van der Waals surface area contributed by atoms with Gasteiger partial charge in [0.05, 0.1) is 6.54 Å². The molecule has 6 heteroatoms. The molecule has 0 bridgehead atoms. The SMILES string of the molecule is Cc1cccnc1Nc1cccc(C2CCN(C(=O)CN3CCCCC3C)CC2)n1. The van der Waals surface area contributed by atoms with Gasteiger partial charge < -0.3 is 10.2 Å². The minimum atomic E-state index is 0.288. The van der Waals surface area contributed by atoms with Gasteiger partial charge in [-0.05, 0) is 69.8 Å². The van der Waals surface area contributed by atoms with Gasteiger partial charge in [-0.25, -0.2) is 9.97 Å². The van der Waals surface area contributed by atoms with Crippen molar-refractivity contribution in [2.24, 2.45) is 0 Å². The van der Waals surface area contributed by atoms with Crippen LogP contribution in [-0.4, -0.2) is 57.9 Å². The topological polar surface area (TPSA) is 61.4 Å². The average Bonchev–Trinajstić information content (AvgIpc) is 2.77. The molecule has 2 aliphatic heterocycles. The number of carbonyl (C=O) groups is 1. The molecule has 0 spiro atoms. The molecule has 4 rings (SSSR count). The molecule has 30 heavy (non-hydrogen) atoms. The molecule has 0 aromatic carbocycles. The number of hydrogen-bond donors (Lipinski definition) is 1. The molecule has 1 unspecified atom stereocenters. The predicted octanol–water partition coefficient (Wildman–Crippen LogP) is 4.11. The summed E-state index contributed by atoms with van der Waals surface area (Å²) in [4.78, 5) is 26.4. The standard InChI is InChI=1S/C24H33N5O/c1-18-7-6-13-25-24(18)27-22-10-5-9-21(26-22)20-11-15-28(16-12-20)23(30)17-29-14-4-3-8-19(29)2/h5-7,9-10,13,19-20H,3-4,8,11-12,14-17H2,1-2H3,(H,25,26,27). The number of anilines is 2. The number of nitrogens with one attached hydrogen (secondary N) is 1. The second kappa shape index (κ2) is 9.56. The molecule has 2 saturated heterocycles. The number of piperidine rings is 2. The Hall–Kier alpha value is -2.47. The van der Waals surface area contributed by atoms with Crippen LogP contribution in [0.25, 0.3) is 0 Å². The minimum absolute atomic E-state index is 0.288. The van der Waals surface area contributed by atoms with Crippen LogP contribution in [0.4, 0.5) is 11.6 Å². The van der Waals surface area contributed by atoms with Gasteiger partial charge in [0, 0.05) is 36.9 Å². The number of pyridine rings is 2. The zero-order valence-electron chi connectivity index (χ0n) is 18.2. The monoisotopic (exact) mass is 407 g/mol. The molecule has 0 saturated carbocycles. The molecule has 6 nitrogen and oxygen atoms in total. The van der Waals surface area contributed by atoms with Crippen molar-refractivity contribution in [2.45, 2.75) is 57.9 Å². The third-order valence-electron chi connectivity index (χ3n) is 6.57. The number of hydrogen-bond acceptors (Lipinski definition) is 5. The van der Waals surface area contributed by atoms with Gasteiger partial charge in [0.15, 0.2) is 0 Å². The van der Waals surface area contributed by atoms with E-state index in [4.69, 9.17) is 4.98 Å². The van der Waals surface area contributed by atoms with Crippen LogP contribution in [-0.2, 0) is 4.79 Å². The first-order valence-corrected chi connectivity index (χ1v) is 11.3. The molecule has 1 atom stereocenters. The number of amides is 1. The van der Waals surface area contributed by atoms with Crippen molar-refractivity contribution in [1.29, 1.82) is 0 Å². The van der Waals surface area contributed by atoms with E-state index >= 15 is 0 Å². The van der Waals surface area contributed by atoms with Gasteiger partial charge in [0.2, 0.25) is 5.91 Å². The van der Waals surface area contributed by atoms with E-state index in [2.05, 4.69) is 39.2 Å². The van der Waals surface area contributed by atoms with Crippen LogP contribution in [0.15, 0.2) is 36.5 Å². The Balaban J connectivity index is 1.33. The Morgan fingerprint density at radius 3 is 2.70 bits per heavy atom. The van der Waals surface area contributed by atoms with Gasteiger partial charge in [-0.2, -0.15) is 0 Å². The van der Waals surface area contributed by atoms with Crippen LogP contribution in [0.5, 0.6) is 0 Å². The van der Waals surface area contributed by atoms with Crippen LogP contribution >= 0.6 is 0 Å². The number of aromatic nitrogens is 2. The summed E-state index contributed by atoms with van der Waals surface area (Å²) in [6.07, 6.45) is 7.45. The van der Waals surface area contributed by atoms with Crippen molar-refractivity contribution in [2.75, 3.05) is 31.5 Å². The number of nitrogens with zero attached hydrogens (tertiary/aromatic N) is 4. The molecule has 1 amide bonds. The average molecular weight is 408 g/mol. The number of carbonyl (C=O) groups excluding carboxylic acids is 1. The second-order valence-electron chi connectivity index (χ2n) is 8.71. The fourth-order valence-corrected chi connectivity index (χ4v) is 4.58. The highest BCUT2D eigenvalue weighted by molar-refractivity contribution is 5.78. The van der Waals surface area contributed by atoms with E-state index < -0.39 is 0 Å². The van der Waals surface area contributed by atoms with Crippen molar-refractivity contribution in [1.82, 2.24) is 19.8 Å². The van der Waals surface area contributed by atoms with Gasteiger partial charge in [0.1, 0.15) is 11.6 Å². The minimum Gasteiger partial charge on any atom is -0.342 e. The number of aryl methyl sites for hydroxylation is 1. The predicted molar refractivity (Wildman–Crippen MR) is 120 cm³/mol. The van der Waals surface area contributed by atoms with Crippen molar-refractivity contribution in [3.05, 3.63) is 47.8 Å². The molecule has 2 aromatic heterocycles. The number of likely N-dealkylation sites (tertiary alicyclic amines) is 2. The van der Waals surface area contributed by atoms with Crippen LogP contribution < -0.4 is 5.32 Å². The zero-order chi connectivity index (χ0) is 20.9. The fourth-order valence-electron chi connectivity index (χ4n) is 4.58. The lowest BCUT2D eigenvalue weighted by atomic mass is 9.93. The normalized spacial score (nSPS) is 20.9. The lowest BCUT2D eigenvalue weighted by Gasteiger charge is -2.36. The summed E-state index contributed by atoms with van der Waals surface area (Å²) in [5.74, 6) is 2.35. The van der Waals surface area contributed by atoms with E-state index in [0.29, 0.717) is 18.5 Å². The molecule has 160 valence electrons. The van der Waals surface area contributed by atoms with Gasteiger partial charge in [-0.3, -0.25) is 9.69 Å². The molecular weight excluding hydrogens is 374 g/mol. The van der Waals surface area contributed by atoms with E-state index in [9.17, 15) is 4.79 Å². The molecule has 2 fully saturated rings. The lowest BCUT2D eigenvalue weighted by molar-refractivity contribution is -0.134. The Morgan fingerprint density at radius 2 is 1.93 bits per heavy atom. The first kappa shape index (κ1) is 20.8. The highest BCUT2D eigenvalue weighted by atomic mass is 16.2. The molecule has 2 aliphatic rings. The van der Waals surface area contributed by atoms with Crippen LogP contribution in [0.2, 0.25) is 0 Å². The maximum absolute atomic E-state index is 12.8. The van der Waals surface area contributed by atoms with Crippen LogP contribution in [0.1, 0.15) is 56.2 Å². The highest BCUT2D eigenvalue weighted by Crippen LogP contribution is 2.28. The first-order valence-electron chi connectivity index (χ1n) is 11.3. The molecule has 0 aliphatic carbocycles. The van der Waals surface area contributed by atoms with Gasteiger partial charge in [-0.1, -0.05) is 18.6 Å². The van der Waals surface area contributed by atoms with Crippen molar-refractivity contribution in [3.8, 4) is 0 Å². The summed E-state index contributed by atoms with van der Waals surface area (Å²) in [5, 5.41) is 3.34. The molecule has 2 aromatic rings. The summed E-state index contributed by atoms with van der Waals surface area (Å²) in [5.41, 5.74) is 2.20. The van der Waals surface area contributed by atoms with Crippen LogP contribution in [0, 0.1) is 6.92 Å². The van der Waals surface area contributed by atoms with Crippen molar-refractivity contribution < 1.29 is 4.79 Å². The second-order valence-corrected chi connectivity index (χ2v) is 8.71. The Labute approximate surface area is 179 Å². The van der Waals surface area contributed by atoms with Gasteiger partial charge >= 0.3 is 0 Å². The van der Waals surface area contributed by atoms with E-state index in [1.165, 1.54) is 19.3 Å². The Kier molecular flexibility index (Phi) is 6.62. The smallest absolute Gasteiger partial charge is 0.236 e. The zero-order valence-corrected chi connectivity index (χ0v) is 18.2. The van der Waals surface area contributed by atoms with Crippen LogP contribution in [0.3, 0.4) is 0 Å². The van der Waals surface area contributed by atoms with E-state index in [1.807, 2.05) is 25.1 Å². The molecule has 1 N–H and O–H groups in total. The third kappa shape index (κ3) is 4.98. The summed E-state index contributed by atoms with van der Waals surface area (Å²) in [7, 11) is 0. The van der Waals surface area contributed by atoms with Gasteiger partial charge in [-0.15, -0.1) is 0 Å². The molecular formula is C24H33N5O.